The summed E-state index contributed by atoms with van der Waals surface area (Å²) in [7, 11) is 0. The summed E-state index contributed by atoms with van der Waals surface area (Å²) < 4.78 is 2.93. The van der Waals surface area contributed by atoms with Crippen LogP contribution in [0.3, 0.4) is 0 Å². The number of aromatic nitrogens is 1. The predicted octanol–water partition coefficient (Wildman–Crippen LogP) is 3.38. The second-order valence-electron chi connectivity index (χ2n) is 4.40. The van der Waals surface area contributed by atoms with E-state index in [1.807, 2.05) is 65.5 Å². The molecule has 1 aromatic carbocycles. The van der Waals surface area contributed by atoms with Crippen LogP contribution in [-0.2, 0) is 11.3 Å². The van der Waals surface area contributed by atoms with Crippen molar-refractivity contribution < 1.29 is 14.5 Å². The van der Waals surface area contributed by atoms with E-state index in [0.29, 0.717) is 6.54 Å². The molecule has 0 aliphatic carbocycles. The maximum absolute atomic E-state index is 10.5. The van der Waals surface area contributed by atoms with Gasteiger partial charge in [-0.1, -0.05) is 40.2 Å². The molecular weight excluding hydrogens is 318 g/mol. The van der Waals surface area contributed by atoms with Crippen molar-refractivity contribution in [2.75, 3.05) is 0 Å². The Morgan fingerprint density at radius 2 is 1.60 bits per heavy atom. The number of aliphatic carboxylic acids is 1. The van der Waals surface area contributed by atoms with Crippen LogP contribution in [0.5, 0.6) is 0 Å². The molecule has 4 heteroatoms. The SMILES string of the molecule is O=C(O)CC[n+]1ccc(/C=C\c2ccc(Br)cc2)cc1. The van der Waals surface area contributed by atoms with Crippen LogP contribution in [0.1, 0.15) is 17.5 Å². The Kier molecular flexibility index (Phi) is 5.07. The Labute approximate surface area is 126 Å². The first-order valence-corrected chi connectivity index (χ1v) is 7.07. The number of rotatable bonds is 5. The van der Waals surface area contributed by atoms with Crippen LogP contribution in [0.15, 0.2) is 53.3 Å². The number of nitrogens with zero attached hydrogens (tertiary/aromatic N) is 1. The Bertz CT molecular complexity index is 603. The van der Waals surface area contributed by atoms with Crippen LogP contribution in [0.4, 0.5) is 0 Å². The van der Waals surface area contributed by atoms with Crippen LogP contribution in [0, 0.1) is 0 Å². The molecule has 0 aliphatic heterocycles. The van der Waals surface area contributed by atoms with Gasteiger partial charge in [-0.05, 0) is 23.3 Å². The van der Waals surface area contributed by atoms with Crippen molar-refractivity contribution in [2.24, 2.45) is 0 Å². The van der Waals surface area contributed by atoms with Gasteiger partial charge in [0.15, 0.2) is 18.9 Å². The number of halogens is 1. The van der Waals surface area contributed by atoms with E-state index in [0.717, 1.165) is 15.6 Å². The second kappa shape index (κ2) is 7.01. The van der Waals surface area contributed by atoms with Crippen molar-refractivity contribution in [3.05, 3.63) is 64.4 Å². The van der Waals surface area contributed by atoms with E-state index in [-0.39, 0.29) is 6.42 Å². The lowest BCUT2D eigenvalue weighted by Crippen LogP contribution is -2.33. The molecule has 3 nitrogen and oxygen atoms in total. The standard InChI is InChI=1S/C16H14BrNO2/c17-15-5-3-13(4-6-15)1-2-14-7-10-18(11-8-14)12-9-16(19)20/h1-8,10-11H,9,12H2/p+1/b2-1-. The zero-order valence-electron chi connectivity index (χ0n) is 10.9. The smallest absolute Gasteiger partial charge is 0.309 e. The molecule has 2 aromatic rings. The van der Waals surface area contributed by atoms with Gasteiger partial charge in [-0.3, -0.25) is 4.79 Å². The van der Waals surface area contributed by atoms with E-state index < -0.39 is 5.97 Å². The summed E-state index contributed by atoms with van der Waals surface area (Å²) in [5.74, 6) is -0.781. The maximum atomic E-state index is 10.5. The molecule has 0 bridgehead atoms. The number of pyridine rings is 1. The third-order valence-electron chi connectivity index (χ3n) is 2.84. The van der Waals surface area contributed by atoms with Gasteiger partial charge in [-0.25, -0.2) is 4.57 Å². The molecular formula is C16H15BrNO2+. The molecule has 0 radical (unpaired) electrons. The highest BCUT2D eigenvalue weighted by atomic mass is 79.9. The quantitative estimate of drug-likeness (QED) is 0.853. The molecule has 0 unspecified atom stereocenters. The van der Waals surface area contributed by atoms with Crippen molar-refractivity contribution in [3.8, 4) is 0 Å². The van der Waals surface area contributed by atoms with E-state index >= 15 is 0 Å². The molecule has 0 amide bonds. The summed E-state index contributed by atoms with van der Waals surface area (Å²) in [6.07, 6.45) is 8.00. The fourth-order valence-electron chi connectivity index (χ4n) is 1.72. The van der Waals surface area contributed by atoms with Crippen molar-refractivity contribution in [3.63, 3.8) is 0 Å². The molecule has 0 atom stereocenters. The lowest BCUT2D eigenvalue weighted by molar-refractivity contribution is -0.696. The first-order chi connectivity index (χ1) is 9.63. The number of aryl methyl sites for hydroxylation is 1. The molecule has 0 saturated carbocycles. The summed E-state index contributed by atoms with van der Waals surface area (Å²) in [6, 6.07) is 12.0. The van der Waals surface area contributed by atoms with E-state index in [1.54, 1.807) is 0 Å². The fraction of sp³-hybridized carbons (Fsp3) is 0.125. The highest BCUT2D eigenvalue weighted by Gasteiger charge is 2.03. The summed E-state index contributed by atoms with van der Waals surface area (Å²) in [5.41, 5.74) is 2.22. The number of hydrogen-bond donors (Lipinski definition) is 1. The van der Waals surface area contributed by atoms with Crippen LogP contribution >= 0.6 is 15.9 Å². The number of benzene rings is 1. The summed E-state index contributed by atoms with van der Waals surface area (Å²) in [4.78, 5) is 10.5. The number of carboxylic acids is 1. The fourth-order valence-corrected chi connectivity index (χ4v) is 1.98. The van der Waals surface area contributed by atoms with E-state index in [1.165, 1.54) is 0 Å². The normalized spacial score (nSPS) is 10.8. The van der Waals surface area contributed by atoms with Crippen LogP contribution in [0.2, 0.25) is 0 Å². The molecule has 1 aromatic heterocycles. The second-order valence-corrected chi connectivity index (χ2v) is 5.31. The average Bonchev–Trinajstić information content (AvgIpc) is 2.45. The maximum Gasteiger partial charge on any atom is 0.309 e. The highest BCUT2D eigenvalue weighted by Crippen LogP contribution is 2.12. The number of carboxylic acid groups (broad SMARTS) is 1. The van der Waals surface area contributed by atoms with E-state index in [2.05, 4.69) is 15.9 Å². The molecule has 2 rings (SSSR count). The van der Waals surface area contributed by atoms with E-state index in [9.17, 15) is 4.79 Å². The van der Waals surface area contributed by atoms with Gasteiger partial charge in [0, 0.05) is 16.6 Å². The van der Waals surface area contributed by atoms with Crippen LogP contribution in [-0.4, -0.2) is 11.1 Å². The first-order valence-electron chi connectivity index (χ1n) is 6.28. The Hall–Kier alpha value is -1.94. The highest BCUT2D eigenvalue weighted by molar-refractivity contribution is 9.10. The lowest BCUT2D eigenvalue weighted by atomic mass is 10.1. The Morgan fingerprint density at radius 1 is 1.05 bits per heavy atom. The Morgan fingerprint density at radius 3 is 2.15 bits per heavy atom. The van der Waals surface area contributed by atoms with Crippen molar-refractivity contribution in [2.45, 2.75) is 13.0 Å². The largest absolute Gasteiger partial charge is 0.481 e. The minimum absolute atomic E-state index is 0.138. The zero-order chi connectivity index (χ0) is 14.4. The van der Waals surface area contributed by atoms with Gasteiger partial charge in [0.2, 0.25) is 0 Å². The minimum atomic E-state index is -0.781. The van der Waals surface area contributed by atoms with Crippen LogP contribution < -0.4 is 4.57 Å². The van der Waals surface area contributed by atoms with E-state index in [4.69, 9.17) is 5.11 Å². The molecule has 0 spiro atoms. The monoisotopic (exact) mass is 332 g/mol. The average molecular weight is 333 g/mol. The third kappa shape index (κ3) is 4.63. The van der Waals surface area contributed by atoms with Crippen molar-refractivity contribution in [1.29, 1.82) is 0 Å². The lowest BCUT2D eigenvalue weighted by Gasteiger charge is -1.96. The molecule has 1 N–H and O–H groups in total. The number of hydrogen-bond acceptors (Lipinski definition) is 1. The van der Waals surface area contributed by atoms with Gasteiger partial charge < -0.3 is 5.11 Å². The van der Waals surface area contributed by atoms with Gasteiger partial charge in [0.25, 0.3) is 0 Å². The van der Waals surface area contributed by atoms with Gasteiger partial charge in [-0.15, -0.1) is 0 Å². The van der Waals surface area contributed by atoms with Crippen molar-refractivity contribution >= 4 is 34.1 Å². The number of carbonyl (C=O) groups is 1. The van der Waals surface area contributed by atoms with Gasteiger partial charge >= 0.3 is 5.97 Å². The molecule has 0 fully saturated rings. The van der Waals surface area contributed by atoms with Crippen LogP contribution in [0.25, 0.3) is 12.2 Å². The van der Waals surface area contributed by atoms with Crippen molar-refractivity contribution in [1.82, 2.24) is 0 Å². The zero-order valence-corrected chi connectivity index (χ0v) is 12.5. The first kappa shape index (κ1) is 14.5. The molecule has 102 valence electrons. The summed E-state index contributed by atoms with van der Waals surface area (Å²) in [6.45, 7) is 0.492. The topological polar surface area (TPSA) is 41.2 Å². The predicted molar refractivity (Wildman–Crippen MR) is 82.0 cm³/mol. The molecule has 0 saturated heterocycles. The third-order valence-corrected chi connectivity index (χ3v) is 3.37. The summed E-state index contributed by atoms with van der Waals surface area (Å²) >= 11 is 3.41. The molecule has 1 heterocycles. The molecule has 0 aliphatic rings. The summed E-state index contributed by atoms with van der Waals surface area (Å²) in [5, 5.41) is 8.63. The Balaban J connectivity index is 1.99. The van der Waals surface area contributed by atoms with Gasteiger partial charge in [0.1, 0.15) is 6.42 Å². The van der Waals surface area contributed by atoms with Gasteiger partial charge in [0.05, 0.1) is 0 Å². The minimum Gasteiger partial charge on any atom is -0.481 e. The van der Waals surface area contributed by atoms with Gasteiger partial charge in [-0.2, -0.15) is 0 Å². The molecule has 20 heavy (non-hydrogen) atoms.